The quantitative estimate of drug-likeness (QED) is 0.371. The van der Waals surface area contributed by atoms with E-state index in [0.29, 0.717) is 0 Å². The minimum absolute atomic E-state index is 0.0924. The third kappa shape index (κ3) is 4.08. The van der Waals surface area contributed by atoms with Crippen LogP contribution in [0.15, 0.2) is 36.4 Å². The molecule has 2 nitrogen and oxygen atoms in total. The lowest BCUT2D eigenvalue weighted by Gasteiger charge is -2.15. The predicted octanol–water partition coefficient (Wildman–Crippen LogP) is 6.95. The van der Waals surface area contributed by atoms with Crippen LogP contribution < -0.4 is 9.47 Å². The fraction of sp³-hybridized carbons (Fsp3) is 0.250. The summed E-state index contributed by atoms with van der Waals surface area (Å²) in [6, 6.07) is 12.2. The average Bonchev–Trinajstić information content (AvgIpc) is 2.53. The first-order chi connectivity index (χ1) is 10.5. The van der Waals surface area contributed by atoms with Crippen LogP contribution in [0.1, 0.15) is 18.6 Å². The van der Waals surface area contributed by atoms with Crippen LogP contribution >= 0.6 is 63.7 Å². The van der Waals surface area contributed by atoms with Gasteiger partial charge in [0.15, 0.2) is 0 Å². The molecular formula is C16H14Br4O2. The third-order valence-corrected chi connectivity index (χ3v) is 5.36. The zero-order valence-electron chi connectivity index (χ0n) is 11.9. The summed E-state index contributed by atoms with van der Waals surface area (Å²) < 4.78 is 11.3. The fourth-order valence-electron chi connectivity index (χ4n) is 2.13. The van der Waals surface area contributed by atoms with Crippen molar-refractivity contribution in [3.05, 3.63) is 47.5 Å². The molecule has 0 N–H and O–H groups in total. The van der Waals surface area contributed by atoms with Crippen LogP contribution in [-0.4, -0.2) is 14.2 Å². The first-order valence-corrected chi connectivity index (χ1v) is 10.1. The van der Waals surface area contributed by atoms with E-state index >= 15 is 0 Å². The summed E-state index contributed by atoms with van der Waals surface area (Å²) in [6.07, 6.45) is 0. The van der Waals surface area contributed by atoms with Crippen LogP contribution in [0.2, 0.25) is 0 Å². The Kier molecular flexibility index (Phi) is 6.80. The molecule has 0 unspecified atom stereocenters. The second-order valence-corrected chi connectivity index (χ2v) is 10.6. The molecule has 118 valence electrons. The van der Waals surface area contributed by atoms with Gasteiger partial charge in [-0.2, -0.15) is 0 Å². The maximum atomic E-state index is 5.55. The van der Waals surface area contributed by atoms with E-state index in [9.17, 15) is 0 Å². The standard InChI is InChI=1S/C16H14Br4O2/c1-21-13-7-9(15(17)18)3-5-11(13)12-6-4-10(16(19)20)8-14(12)22-2/h3-8,15-16H,1-2H3. The van der Waals surface area contributed by atoms with Gasteiger partial charge in [0.1, 0.15) is 11.5 Å². The number of rotatable bonds is 5. The van der Waals surface area contributed by atoms with Crippen molar-refractivity contribution in [3.63, 3.8) is 0 Å². The summed E-state index contributed by atoms with van der Waals surface area (Å²) in [5.41, 5.74) is 4.18. The molecule has 0 bridgehead atoms. The van der Waals surface area contributed by atoms with Crippen LogP contribution in [0.4, 0.5) is 0 Å². The van der Waals surface area contributed by atoms with E-state index in [2.05, 4.69) is 75.9 Å². The summed E-state index contributed by atoms with van der Waals surface area (Å²) in [4.78, 5) is 0. The van der Waals surface area contributed by atoms with Crippen molar-refractivity contribution >= 4 is 63.7 Å². The summed E-state index contributed by atoms with van der Waals surface area (Å²) in [7, 11) is 3.35. The highest BCUT2D eigenvalue weighted by molar-refractivity contribution is 9.24. The molecule has 0 fully saturated rings. The van der Waals surface area contributed by atoms with Crippen molar-refractivity contribution in [2.24, 2.45) is 0 Å². The molecule has 0 amide bonds. The van der Waals surface area contributed by atoms with E-state index < -0.39 is 0 Å². The first kappa shape index (κ1) is 18.3. The van der Waals surface area contributed by atoms with Gasteiger partial charge in [0.05, 0.1) is 21.7 Å². The van der Waals surface area contributed by atoms with Crippen LogP contribution in [0, 0.1) is 0 Å². The molecule has 0 aliphatic rings. The Hall–Kier alpha value is -0.0400. The molecule has 0 radical (unpaired) electrons. The molecule has 0 aromatic heterocycles. The maximum Gasteiger partial charge on any atom is 0.127 e. The Bertz CT molecular complexity index is 599. The van der Waals surface area contributed by atoms with Gasteiger partial charge in [-0.15, -0.1) is 0 Å². The van der Waals surface area contributed by atoms with E-state index in [-0.39, 0.29) is 7.47 Å². The number of alkyl halides is 4. The number of hydrogen-bond donors (Lipinski definition) is 0. The monoisotopic (exact) mass is 554 g/mol. The smallest absolute Gasteiger partial charge is 0.127 e. The molecule has 2 rings (SSSR count). The molecule has 0 saturated heterocycles. The van der Waals surface area contributed by atoms with Gasteiger partial charge in [0.2, 0.25) is 0 Å². The first-order valence-electron chi connectivity index (χ1n) is 6.40. The summed E-state index contributed by atoms with van der Waals surface area (Å²) in [5, 5.41) is 0. The molecule has 2 aromatic rings. The van der Waals surface area contributed by atoms with Crippen LogP contribution in [-0.2, 0) is 0 Å². The highest BCUT2D eigenvalue weighted by Crippen LogP contribution is 2.42. The van der Waals surface area contributed by atoms with E-state index in [1.165, 1.54) is 0 Å². The van der Waals surface area contributed by atoms with E-state index in [4.69, 9.17) is 9.47 Å². The van der Waals surface area contributed by atoms with Crippen molar-refractivity contribution in [2.45, 2.75) is 7.47 Å². The predicted molar refractivity (Wildman–Crippen MR) is 106 cm³/mol. The van der Waals surface area contributed by atoms with Gasteiger partial charge >= 0.3 is 0 Å². The van der Waals surface area contributed by atoms with E-state index in [1.807, 2.05) is 24.3 Å². The van der Waals surface area contributed by atoms with Crippen molar-refractivity contribution in [1.82, 2.24) is 0 Å². The fourth-order valence-corrected chi connectivity index (χ4v) is 3.27. The second-order valence-electron chi connectivity index (χ2n) is 4.52. The minimum Gasteiger partial charge on any atom is -0.496 e. The Morgan fingerprint density at radius 1 is 0.682 bits per heavy atom. The number of benzene rings is 2. The molecule has 6 heteroatoms. The number of ether oxygens (including phenoxy) is 2. The Morgan fingerprint density at radius 2 is 1.05 bits per heavy atom. The van der Waals surface area contributed by atoms with Gasteiger partial charge in [-0.25, -0.2) is 0 Å². The van der Waals surface area contributed by atoms with Crippen molar-refractivity contribution in [1.29, 1.82) is 0 Å². The third-order valence-electron chi connectivity index (χ3n) is 3.25. The summed E-state index contributed by atoms with van der Waals surface area (Å²) in [6.45, 7) is 0. The summed E-state index contributed by atoms with van der Waals surface area (Å²) in [5.74, 6) is 1.61. The van der Waals surface area contributed by atoms with Crippen molar-refractivity contribution in [3.8, 4) is 22.6 Å². The maximum absolute atomic E-state index is 5.55. The number of halogens is 4. The normalized spacial score (nSPS) is 11.1. The molecule has 22 heavy (non-hydrogen) atoms. The van der Waals surface area contributed by atoms with Crippen LogP contribution in [0.3, 0.4) is 0 Å². The second kappa shape index (κ2) is 8.18. The lowest BCUT2D eigenvalue weighted by atomic mass is 10.0. The lowest BCUT2D eigenvalue weighted by Crippen LogP contribution is -1.94. The van der Waals surface area contributed by atoms with Gasteiger partial charge in [0.25, 0.3) is 0 Å². The molecule has 0 saturated carbocycles. The van der Waals surface area contributed by atoms with E-state index in [1.54, 1.807) is 14.2 Å². The Morgan fingerprint density at radius 3 is 1.32 bits per heavy atom. The van der Waals surface area contributed by atoms with Crippen molar-refractivity contribution < 1.29 is 9.47 Å². The number of hydrogen-bond acceptors (Lipinski definition) is 2. The van der Waals surface area contributed by atoms with E-state index in [0.717, 1.165) is 33.8 Å². The van der Waals surface area contributed by atoms with Crippen molar-refractivity contribution in [2.75, 3.05) is 14.2 Å². The molecule has 0 atom stereocenters. The van der Waals surface area contributed by atoms with Gasteiger partial charge in [-0.05, 0) is 23.3 Å². The average molecular weight is 558 g/mol. The highest BCUT2D eigenvalue weighted by Gasteiger charge is 2.15. The Balaban J connectivity index is 2.56. The lowest BCUT2D eigenvalue weighted by molar-refractivity contribution is 0.410. The topological polar surface area (TPSA) is 18.5 Å². The SMILES string of the molecule is COc1cc(C(Br)Br)ccc1-c1ccc(C(Br)Br)cc1OC. The van der Waals surface area contributed by atoms with Gasteiger partial charge in [-0.3, -0.25) is 0 Å². The molecule has 0 aliphatic carbocycles. The zero-order valence-corrected chi connectivity index (χ0v) is 18.3. The molecule has 0 spiro atoms. The Labute approximate surface area is 164 Å². The molecular weight excluding hydrogens is 544 g/mol. The zero-order chi connectivity index (χ0) is 16.3. The summed E-state index contributed by atoms with van der Waals surface area (Å²) >= 11 is 14.0. The van der Waals surface area contributed by atoms with Crippen LogP contribution in [0.5, 0.6) is 11.5 Å². The van der Waals surface area contributed by atoms with Gasteiger partial charge in [0, 0.05) is 11.1 Å². The van der Waals surface area contributed by atoms with Gasteiger partial charge in [-0.1, -0.05) is 88.0 Å². The minimum atomic E-state index is 0.0924. The van der Waals surface area contributed by atoms with Gasteiger partial charge < -0.3 is 9.47 Å². The molecule has 0 heterocycles. The number of methoxy groups -OCH3 is 2. The molecule has 2 aromatic carbocycles. The highest BCUT2D eigenvalue weighted by atomic mass is 79.9. The molecule has 0 aliphatic heterocycles. The van der Waals surface area contributed by atoms with Crippen LogP contribution in [0.25, 0.3) is 11.1 Å². The largest absolute Gasteiger partial charge is 0.496 e.